The first-order valence-electron chi connectivity index (χ1n) is 8.02. The predicted molar refractivity (Wildman–Crippen MR) is 88.5 cm³/mol. The second-order valence-corrected chi connectivity index (χ2v) is 6.77. The van der Waals surface area contributed by atoms with Gasteiger partial charge in [0, 0.05) is 12.7 Å². The van der Waals surface area contributed by atoms with Gasteiger partial charge in [0.1, 0.15) is 0 Å². The standard InChI is InChI=1S/C16H21F3N6O/c1-10(2)6-15(3,9-20)22-14(26)12-8-25(24-23-12)13-5-4-11(7-21-13)16(17,18)19/h4-5,7-8,10H,6,9,20H2,1-3H3,(H,22,26). The van der Waals surface area contributed by atoms with Crippen molar-refractivity contribution in [1.82, 2.24) is 25.3 Å². The molecule has 26 heavy (non-hydrogen) atoms. The Morgan fingerprint density at radius 2 is 2.04 bits per heavy atom. The van der Waals surface area contributed by atoms with Gasteiger partial charge in [0.15, 0.2) is 11.5 Å². The lowest BCUT2D eigenvalue weighted by Crippen LogP contribution is -2.52. The maximum Gasteiger partial charge on any atom is 0.417 e. The third-order valence-electron chi connectivity index (χ3n) is 3.76. The van der Waals surface area contributed by atoms with E-state index in [1.807, 2.05) is 20.8 Å². The van der Waals surface area contributed by atoms with E-state index in [0.717, 1.165) is 16.8 Å². The number of carbonyl (C=O) groups excluding carboxylic acids is 1. The van der Waals surface area contributed by atoms with Crippen LogP contribution >= 0.6 is 0 Å². The van der Waals surface area contributed by atoms with E-state index in [-0.39, 0.29) is 18.1 Å². The Hall–Kier alpha value is -2.49. The van der Waals surface area contributed by atoms with Gasteiger partial charge in [-0.3, -0.25) is 4.79 Å². The van der Waals surface area contributed by atoms with Crippen LogP contribution in [0, 0.1) is 5.92 Å². The number of rotatable bonds is 6. The van der Waals surface area contributed by atoms with Crippen LogP contribution in [0.1, 0.15) is 43.2 Å². The lowest BCUT2D eigenvalue weighted by molar-refractivity contribution is -0.137. The lowest BCUT2D eigenvalue weighted by atomic mass is 9.90. The first-order valence-corrected chi connectivity index (χ1v) is 8.02. The molecule has 0 fully saturated rings. The molecule has 0 aliphatic heterocycles. The van der Waals surface area contributed by atoms with Gasteiger partial charge in [-0.25, -0.2) is 9.67 Å². The highest BCUT2D eigenvalue weighted by atomic mass is 19.4. The molecule has 142 valence electrons. The van der Waals surface area contributed by atoms with Crippen molar-refractivity contribution >= 4 is 5.91 Å². The van der Waals surface area contributed by atoms with Gasteiger partial charge < -0.3 is 11.1 Å². The topological polar surface area (TPSA) is 98.7 Å². The van der Waals surface area contributed by atoms with Crippen molar-refractivity contribution in [3.05, 3.63) is 35.8 Å². The molecule has 0 saturated heterocycles. The van der Waals surface area contributed by atoms with Gasteiger partial charge in [-0.15, -0.1) is 5.10 Å². The maximum atomic E-state index is 12.6. The van der Waals surface area contributed by atoms with Crippen LogP contribution in [0.4, 0.5) is 13.2 Å². The fourth-order valence-electron chi connectivity index (χ4n) is 2.59. The summed E-state index contributed by atoms with van der Waals surface area (Å²) in [4.78, 5) is 16.1. The summed E-state index contributed by atoms with van der Waals surface area (Å²) in [5.74, 6) is -0.0130. The second-order valence-electron chi connectivity index (χ2n) is 6.77. The summed E-state index contributed by atoms with van der Waals surface area (Å²) in [5.41, 5.74) is 4.33. The van der Waals surface area contributed by atoms with Crippen molar-refractivity contribution in [2.45, 2.75) is 38.9 Å². The molecule has 1 atom stereocenters. The molecule has 3 N–H and O–H groups in total. The molecule has 10 heteroatoms. The lowest BCUT2D eigenvalue weighted by Gasteiger charge is -2.30. The van der Waals surface area contributed by atoms with Crippen LogP contribution in [0.5, 0.6) is 0 Å². The van der Waals surface area contributed by atoms with Gasteiger partial charge >= 0.3 is 6.18 Å². The summed E-state index contributed by atoms with van der Waals surface area (Å²) in [7, 11) is 0. The zero-order valence-electron chi connectivity index (χ0n) is 14.7. The van der Waals surface area contributed by atoms with Gasteiger partial charge in [-0.2, -0.15) is 13.2 Å². The molecular formula is C16H21F3N6O. The Labute approximate surface area is 148 Å². The fourth-order valence-corrected chi connectivity index (χ4v) is 2.59. The average Bonchev–Trinajstić information content (AvgIpc) is 3.03. The number of amides is 1. The highest BCUT2D eigenvalue weighted by Crippen LogP contribution is 2.28. The Kier molecular flexibility index (Phi) is 5.65. The third kappa shape index (κ3) is 4.78. The molecule has 1 amide bonds. The highest BCUT2D eigenvalue weighted by Gasteiger charge is 2.31. The first-order chi connectivity index (χ1) is 12.0. The van der Waals surface area contributed by atoms with E-state index >= 15 is 0 Å². The predicted octanol–water partition coefficient (Wildman–Crippen LogP) is 2.17. The molecule has 2 rings (SSSR count). The van der Waals surface area contributed by atoms with Crippen molar-refractivity contribution in [1.29, 1.82) is 0 Å². The van der Waals surface area contributed by atoms with E-state index in [0.29, 0.717) is 18.5 Å². The minimum Gasteiger partial charge on any atom is -0.344 e. The van der Waals surface area contributed by atoms with Crippen LogP contribution in [0.2, 0.25) is 0 Å². The molecule has 0 aromatic carbocycles. The SMILES string of the molecule is CC(C)CC(C)(CN)NC(=O)c1cn(-c2ccc(C(F)(F)F)cn2)nn1. The molecule has 0 saturated carbocycles. The molecule has 7 nitrogen and oxygen atoms in total. The van der Waals surface area contributed by atoms with Gasteiger partial charge in [0.05, 0.1) is 17.3 Å². The zero-order chi connectivity index (χ0) is 19.5. The van der Waals surface area contributed by atoms with Crippen LogP contribution in [0.3, 0.4) is 0 Å². The number of aromatic nitrogens is 4. The Balaban J connectivity index is 2.15. The Morgan fingerprint density at radius 1 is 1.35 bits per heavy atom. The van der Waals surface area contributed by atoms with Gasteiger partial charge in [-0.1, -0.05) is 19.1 Å². The smallest absolute Gasteiger partial charge is 0.344 e. The van der Waals surface area contributed by atoms with Gasteiger partial charge in [0.25, 0.3) is 5.91 Å². The Morgan fingerprint density at radius 3 is 2.54 bits per heavy atom. The molecular weight excluding hydrogens is 349 g/mol. The van der Waals surface area contributed by atoms with Crippen LogP contribution in [-0.2, 0) is 6.18 Å². The monoisotopic (exact) mass is 370 g/mol. The normalized spacial score (nSPS) is 14.3. The van der Waals surface area contributed by atoms with Crippen molar-refractivity contribution in [3.63, 3.8) is 0 Å². The van der Waals surface area contributed by atoms with Crippen LogP contribution in [0.25, 0.3) is 5.82 Å². The number of alkyl halides is 3. The number of pyridine rings is 1. The van der Waals surface area contributed by atoms with Gasteiger partial charge in [0.2, 0.25) is 0 Å². The zero-order valence-corrected chi connectivity index (χ0v) is 14.7. The summed E-state index contributed by atoms with van der Waals surface area (Å²) in [6.07, 6.45) is -1.78. The van der Waals surface area contributed by atoms with E-state index in [9.17, 15) is 18.0 Å². The van der Waals surface area contributed by atoms with Crippen molar-refractivity contribution in [3.8, 4) is 5.82 Å². The third-order valence-corrected chi connectivity index (χ3v) is 3.76. The molecule has 0 radical (unpaired) electrons. The van der Waals surface area contributed by atoms with E-state index in [2.05, 4.69) is 20.6 Å². The molecule has 1 unspecified atom stereocenters. The summed E-state index contributed by atoms with van der Waals surface area (Å²) in [6.45, 7) is 6.14. The number of hydrogen-bond donors (Lipinski definition) is 2. The summed E-state index contributed by atoms with van der Waals surface area (Å²) in [6, 6.07) is 2.04. The molecule has 0 spiro atoms. The molecule has 0 aliphatic carbocycles. The molecule has 2 heterocycles. The van der Waals surface area contributed by atoms with E-state index in [1.165, 1.54) is 6.20 Å². The minimum absolute atomic E-state index is 0.0233. The molecule has 2 aromatic heterocycles. The van der Waals surface area contributed by atoms with E-state index < -0.39 is 23.2 Å². The van der Waals surface area contributed by atoms with Crippen molar-refractivity contribution < 1.29 is 18.0 Å². The van der Waals surface area contributed by atoms with Crippen LogP contribution in [0.15, 0.2) is 24.5 Å². The summed E-state index contributed by atoms with van der Waals surface area (Å²) >= 11 is 0. The number of carbonyl (C=O) groups is 1. The quantitative estimate of drug-likeness (QED) is 0.812. The van der Waals surface area contributed by atoms with E-state index in [4.69, 9.17) is 5.73 Å². The minimum atomic E-state index is -4.47. The number of nitrogens with one attached hydrogen (secondary N) is 1. The first kappa shape index (κ1) is 19.8. The average molecular weight is 370 g/mol. The number of halogens is 3. The summed E-state index contributed by atoms with van der Waals surface area (Å²) in [5, 5.41) is 10.3. The van der Waals surface area contributed by atoms with Crippen LogP contribution < -0.4 is 11.1 Å². The summed E-state index contributed by atoms with van der Waals surface area (Å²) < 4.78 is 38.9. The highest BCUT2D eigenvalue weighted by molar-refractivity contribution is 5.92. The molecule has 0 bridgehead atoms. The second kappa shape index (κ2) is 7.40. The number of hydrogen-bond acceptors (Lipinski definition) is 5. The maximum absolute atomic E-state index is 12.6. The van der Waals surface area contributed by atoms with Gasteiger partial charge in [-0.05, 0) is 31.4 Å². The van der Waals surface area contributed by atoms with E-state index in [1.54, 1.807) is 0 Å². The van der Waals surface area contributed by atoms with Crippen molar-refractivity contribution in [2.75, 3.05) is 6.54 Å². The molecule has 0 aliphatic rings. The number of nitrogens with zero attached hydrogens (tertiary/aromatic N) is 4. The largest absolute Gasteiger partial charge is 0.417 e. The van der Waals surface area contributed by atoms with Crippen LogP contribution in [-0.4, -0.2) is 38.0 Å². The fraction of sp³-hybridized carbons (Fsp3) is 0.500. The number of nitrogens with two attached hydrogens (primary N) is 1. The van der Waals surface area contributed by atoms with Crippen molar-refractivity contribution in [2.24, 2.45) is 11.7 Å². The Bertz CT molecular complexity index is 756. The molecule has 2 aromatic rings.